The monoisotopic (exact) mass is 342 g/mol. The Labute approximate surface area is 146 Å². The predicted molar refractivity (Wildman–Crippen MR) is 91.4 cm³/mol. The lowest BCUT2D eigenvalue weighted by Crippen LogP contribution is -2.40. The molecule has 2 aliphatic heterocycles. The molecule has 0 radical (unpaired) electrons. The summed E-state index contributed by atoms with van der Waals surface area (Å²) in [5, 5.41) is 2.80. The topological polar surface area (TPSA) is 75.7 Å². The maximum Gasteiger partial charge on any atom is 0.261 e. The molecule has 3 aliphatic rings. The molecule has 1 saturated carbocycles. The second-order valence-corrected chi connectivity index (χ2v) is 7.02. The molecule has 0 spiro atoms. The lowest BCUT2D eigenvalue weighted by atomic mass is 9.94. The van der Waals surface area contributed by atoms with E-state index in [-0.39, 0.29) is 23.8 Å². The van der Waals surface area contributed by atoms with Crippen molar-refractivity contribution in [2.24, 2.45) is 0 Å². The molecule has 1 aliphatic carbocycles. The number of hydrogen-bond acceptors (Lipinski definition) is 4. The molecule has 1 saturated heterocycles. The molecule has 2 fully saturated rings. The van der Waals surface area contributed by atoms with Crippen molar-refractivity contribution >= 4 is 23.4 Å². The van der Waals surface area contributed by atoms with Crippen LogP contribution in [0, 0.1) is 0 Å². The average Bonchev–Trinajstić information content (AvgIpc) is 3.24. The van der Waals surface area contributed by atoms with Gasteiger partial charge in [-0.1, -0.05) is 19.3 Å². The van der Waals surface area contributed by atoms with Crippen LogP contribution in [0.25, 0.3) is 0 Å². The molecule has 1 aromatic rings. The summed E-state index contributed by atoms with van der Waals surface area (Å²) in [5.74, 6) is -0.637. The molecule has 0 unspecified atom stereocenters. The fourth-order valence-corrected chi connectivity index (χ4v) is 4.02. The van der Waals surface area contributed by atoms with Gasteiger partial charge < -0.3 is 10.1 Å². The third-order valence-electron chi connectivity index (χ3n) is 5.35. The Morgan fingerprint density at radius 2 is 1.76 bits per heavy atom. The smallest absolute Gasteiger partial charge is 0.261 e. The van der Waals surface area contributed by atoms with Gasteiger partial charge in [0, 0.05) is 18.3 Å². The zero-order chi connectivity index (χ0) is 17.4. The van der Waals surface area contributed by atoms with Crippen molar-refractivity contribution in [2.45, 2.75) is 57.1 Å². The Bertz CT molecular complexity index is 718. The number of amides is 3. The van der Waals surface area contributed by atoms with E-state index < -0.39 is 6.10 Å². The molecule has 6 nitrogen and oxygen atoms in total. The van der Waals surface area contributed by atoms with Gasteiger partial charge in [-0.3, -0.25) is 19.3 Å². The van der Waals surface area contributed by atoms with Gasteiger partial charge in [-0.15, -0.1) is 0 Å². The molecule has 6 heteroatoms. The van der Waals surface area contributed by atoms with Crippen LogP contribution < -0.4 is 5.32 Å². The first-order valence-electron chi connectivity index (χ1n) is 9.09. The van der Waals surface area contributed by atoms with Gasteiger partial charge in [-0.2, -0.15) is 0 Å². The summed E-state index contributed by atoms with van der Waals surface area (Å²) in [4.78, 5) is 39.0. The van der Waals surface area contributed by atoms with Crippen LogP contribution in [-0.2, 0) is 9.53 Å². The van der Waals surface area contributed by atoms with E-state index >= 15 is 0 Å². The summed E-state index contributed by atoms with van der Waals surface area (Å²) in [7, 11) is 0. The van der Waals surface area contributed by atoms with Gasteiger partial charge in [0.15, 0.2) is 0 Å². The second-order valence-electron chi connectivity index (χ2n) is 7.02. The number of carbonyl (C=O) groups is 3. The van der Waals surface area contributed by atoms with Gasteiger partial charge in [0.1, 0.15) is 6.10 Å². The maximum atomic E-state index is 12.8. The van der Waals surface area contributed by atoms with Crippen molar-refractivity contribution in [2.75, 3.05) is 11.9 Å². The van der Waals surface area contributed by atoms with E-state index in [1.54, 1.807) is 18.2 Å². The van der Waals surface area contributed by atoms with E-state index in [0.717, 1.165) is 32.1 Å². The third kappa shape index (κ3) is 2.95. The number of imide groups is 1. The fourth-order valence-electron chi connectivity index (χ4n) is 4.02. The van der Waals surface area contributed by atoms with Crippen LogP contribution in [0.4, 0.5) is 5.69 Å². The average molecular weight is 342 g/mol. The molecule has 132 valence electrons. The molecular weight excluding hydrogens is 320 g/mol. The van der Waals surface area contributed by atoms with Crippen LogP contribution in [0.2, 0.25) is 0 Å². The summed E-state index contributed by atoms with van der Waals surface area (Å²) in [5.41, 5.74) is 1.36. The Morgan fingerprint density at radius 3 is 2.48 bits per heavy atom. The number of anilines is 1. The first-order chi connectivity index (χ1) is 12.1. The Hall–Kier alpha value is -2.21. The van der Waals surface area contributed by atoms with E-state index in [1.165, 1.54) is 11.3 Å². The number of carbonyl (C=O) groups excluding carboxylic acids is 3. The largest absolute Gasteiger partial charge is 0.368 e. The minimum Gasteiger partial charge on any atom is -0.368 e. The van der Waals surface area contributed by atoms with Crippen molar-refractivity contribution in [1.29, 1.82) is 0 Å². The lowest BCUT2D eigenvalue weighted by Gasteiger charge is -2.29. The van der Waals surface area contributed by atoms with Crippen LogP contribution in [0.5, 0.6) is 0 Å². The van der Waals surface area contributed by atoms with Crippen LogP contribution in [0.15, 0.2) is 18.2 Å². The highest BCUT2D eigenvalue weighted by atomic mass is 16.5. The van der Waals surface area contributed by atoms with Gasteiger partial charge in [0.05, 0.1) is 11.1 Å². The quantitative estimate of drug-likeness (QED) is 0.857. The van der Waals surface area contributed by atoms with E-state index in [1.807, 2.05) is 0 Å². The number of hydrogen-bond donors (Lipinski definition) is 1. The summed E-state index contributed by atoms with van der Waals surface area (Å²) in [6.07, 6.45) is 6.21. The molecule has 1 N–H and O–H groups in total. The molecule has 1 aromatic carbocycles. The van der Waals surface area contributed by atoms with Crippen molar-refractivity contribution in [3.05, 3.63) is 29.3 Å². The molecular formula is C19H22N2O4. The van der Waals surface area contributed by atoms with E-state index in [0.29, 0.717) is 29.8 Å². The van der Waals surface area contributed by atoms with E-state index in [2.05, 4.69) is 5.32 Å². The van der Waals surface area contributed by atoms with Crippen molar-refractivity contribution in [3.8, 4) is 0 Å². The summed E-state index contributed by atoms with van der Waals surface area (Å²) in [6.45, 7) is 0.603. The highest BCUT2D eigenvalue weighted by molar-refractivity contribution is 6.22. The number of ether oxygens (including phenoxy) is 1. The number of benzene rings is 1. The number of nitrogens with zero attached hydrogens (tertiary/aromatic N) is 1. The highest BCUT2D eigenvalue weighted by Crippen LogP contribution is 2.32. The molecule has 4 rings (SSSR count). The van der Waals surface area contributed by atoms with Gasteiger partial charge in [-0.25, -0.2) is 0 Å². The summed E-state index contributed by atoms with van der Waals surface area (Å²) in [6, 6.07) is 4.95. The van der Waals surface area contributed by atoms with Crippen molar-refractivity contribution in [1.82, 2.24) is 4.90 Å². The minimum absolute atomic E-state index is 0.00563. The fraction of sp³-hybridized carbons (Fsp3) is 0.526. The SMILES string of the molecule is O=C(Nc1ccc2c(c1)C(=O)N(C1CCCCC1)C2=O)[C@@H]1CCCO1. The number of rotatable bonds is 3. The van der Waals surface area contributed by atoms with Gasteiger partial charge in [0.25, 0.3) is 17.7 Å². The van der Waals surface area contributed by atoms with Gasteiger partial charge in [-0.05, 0) is 43.9 Å². The van der Waals surface area contributed by atoms with Crippen LogP contribution in [-0.4, -0.2) is 41.4 Å². The lowest BCUT2D eigenvalue weighted by molar-refractivity contribution is -0.124. The zero-order valence-electron chi connectivity index (χ0n) is 14.1. The first kappa shape index (κ1) is 16.3. The third-order valence-corrected chi connectivity index (χ3v) is 5.35. The highest BCUT2D eigenvalue weighted by Gasteiger charge is 2.40. The Morgan fingerprint density at radius 1 is 1.00 bits per heavy atom. The second kappa shape index (κ2) is 6.59. The summed E-state index contributed by atoms with van der Waals surface area (Å²) >= 11 is 0. The molecule has 0 bridgehead atoms. The van der Waals surface area contributed by atoms with Crippen molar-refractivity contribution in [3.63, 3.8) is 0 Å². The minimum atomic E-state index is -0.427. The maximum absolute atomic E-state index is 12.8. The summed E-state index contributed by atoms with van der Waals surface area (Å²) < 4.78 is 5.37. The normalized spacial score (nSPS) is 23.8. The molecule has 2 heterocycles. The molecule has 1 atom stereocenters. The molecule has 25 heavy (non-hydrogen) atoms. The zero-order valence-corrected chi connectivity index (χ0v) is 14.1. The number of nitrogens with one attached hydrogen (secondary N) is 1. The van der Waals surface area contributed by atoms with Crippen LogP contribution >= 0.6 is 0 Å². The number of fused-ring (bicyclic) bond motifs is 1. The van der Waals surface area contributed by atoms with Crippen molar-refractivity contribution < 1.29 is 19.1 Å². The Balaban J connectivity index is 1.53. The van der Waals surface area contributed by atoms with Crippen LogP contribution in [0.3, 0.4) is 0 Å². The molecule has 3 amide bonds. The Kier molecular flexibility index (Phi) is 4.29. The standard InChI is InChI=1S/C19H22N2O4/c22-17(16-7-4-10-25-16)20-12-8-9-14-15(11-12)19(24)21(18(14)23)13-5-2-1-3-6-13/h8-9,11,13,16H,1-7,10H2,(H,20,22)/t16-/m0/s1. The van der Waals surface area contributed by atoms with Gasteiger partial charge in [0.2, 0.25) is 0 Å². The molecule has 0 aromatic heterocycles. The van der Waals surface area contributed by atoms with E-state index in [9.17, 15) is 14.4 Å². The first-order valence-corrected chi connectivity index (χ1v) is 9.09. The van der Waals surface area contributed by atoms with E-state index in [4.69, 9.17) is 4.74 Å². The predicted octanol–water partition coefficient (Wildman–Crippen LogP) is 2.73. The van der Waals surface area contributed by atoms with Crippen LogP contribution in [0.1, 0.15) is 65.7 Å². The van der Waals surface area contributed by atoms with Gasteiger partial charge >= 0.3 is 0 Å².